The van der Waals surface area contributed by atoms with Gasteiger partial charge in [-0.3, -0.25) is 4.79 Å². The molecule has 1 N–H and O–H groups in total. The fourth-order valence-electron chi connectivity index (χ4n) is 2.89. The molecule has 0 saturated carbocycles. The average Bonchev–Trinajstić information content (AvgIpc) is 3.24. The molecule has 1 amide bonds. The molecule has 2 heterocycles. The lowest BCUT2D eigenvalue weighted by Crippen LogP contribution is -2.12. The van der Waals surface area contributed by atoms with Gasteiger partial charge < -0.3 is 5.32 Å². The predicted molar refractivity (Wildman–Crippen MR) is 104 cm³/mol. The van der Waals surface area contributed by atoms with Crippen molar-refractivity contribution in [3.8, 4) is 10.4 Å². The van der Waals surface area contributed by atoms with Gasteiger partial charge in [0.15, 0.2) is 0 Å². The summed E-state index contributed by atoms with van der Waals surface area (Å²) >= 11 is 2.94. The number of carbonyl (C=O) groups is 1. The summed E-state index contributed by atoms with van der Waals surface area (Å²) in [6, 6.07) is 16.7. The van der Waals surface area contributed by atoms with E-state index in [-0.39, 0.29) is 11.7 Å². The molecule has 4 aromatic rings. The number of nitrogens with one attached hydrogen (secondary N) is 1. The van der Waals surface area contributed by atoms with Crippen molar-refractivity contribution >= 4 is 44.4 Å². The van der Waals surface area contributed by atoms with Gasteiger partial charge in [0.1, 0.15) is 5.82 Å². The Kier molecular flexibility index (Phi) is 4.11. The van der Waals surface area contributed by atoms with Crippen LogP contribution in [0.3, 0.4) is 0 Å². The Morgan fingerprint density at radius 3 is 2.64 bits per heavy atom. The Hall–Kier alpha value is -2.50. The Labute approximate surface area is 152 Å². The molecule has 5 heteroatoms. The van der Waals surface area contributed by atoms with Crippen molar-refractivity contribution in [1.82, 2.24) is 0 Å². The van der Waals surface area contributed by atoms with Crippen LogP contribution in [0, 0.1) is 12.7 Å². The van der Waals surface area contributed by atoms with Crippen LogP contribution >= 0.6 is 22.7 Å². The van der Waals surface area contributed by atoms with Crippen molar-refractivity contribution in [2.24, 2.45) is 0 Å². The van der Waals surface area contributed by atoms with Crippen LogP contribution in [0.1, 0.15) is 15.2 Å². The number of rotatable bonds is 3. The molecular formula is C20H14FNOS2. The van der Waals surface area contributed by atoms with Crippen molar-refractivity contribution in [2.75, 3.05) is 5.32 Å². The second-order valence-corrected chi connectivity index (χ2v) is 7.65. The van der Waals surface area contributed by atoms with Crippen LogP contribution in [-0.2, 0) is 0 Å². The number of aryl methyl sites for hydroxylation is 1. The number of benzene rings is 2. The molecular weight excluding hydrogens is 353 g/mol. The fourth-order valence-corrected chi connectivity index (χ4v) is 4.77. The maximum absolute atomic E-state index is 14.1. The number of hydrogen-bond donors (Lipinski definition) is 1. The third-order valence-electron chi connectivity index (χ3n) is 4.07. The quantitative estimate of drug-likeness (QED) is 0.450. The van der Waals surface area contributed by atoms with E-state index < -0.39 is 0 Å². The van der Waals surface area contributed by atoms with Gasteiger partial charge in [-0.1, -0.05) is 30.3 Å². The van der Waals surface area contributed by atoms with Gasteiger partial charge in [0.05, 0.1) is 4.88 Å². The maximum Gasteiger partial charge on any atom is 0.266 e. The zero-order chi connectivity index (χ0) is 17.4. The fraction of sp³-hybridized carbons (Fsp3) is 0.0500. The third kappa shape index (κ3) is 2.86. The van der Waals surface area contributed by atoms with Gasteiger partial charge in [-0.2, -0.15) is 0 Å². The number of para-hydroxylation sites is 1. The molecule has 0 atom stereocenters. The molecule has 0 aliphatic rings. The molecule has 2 nitrogen and oxygen atoms in total. The first-order valence-corrected chi connectivity index (χ1v) is 9.46. The van der Waals surface area contributed by atoms with Crippen LogP contribution in [0.25, 0.3) is 20.5 Å². The van der Waals surface area contributed by atoms with Gasteiger partial charge in [-0.15, -0.1) is 22.7 Å². The number of amides is 1. The lowest BCUT2D eigenvalue weighted by molar-refractivity contribution is 0.103. The molecule has 0 radical (unpaired) electrons. The summed E-state index contributed by atoms with van der Waals surface area (Å²) < 4.78 is 14.9. The summed E-state index contributed by atoms with van der Waals surface area (Å²) in [5, 5.41) is 5.53. The lowest BCUT2D eigenvalue weighted by Gasteiger charge is -2.09. The van der Waals surface area contributed by atoms with Crippen molar-refractivity contribution < 1.29 is 9.18 Å². The molecule has 2 aromatic heterocycles. The summed E-state index contributed by atoms with van der Waals surface area (Å²) in [4.78, 5) is 14.5. The highest BCUT2D eigenvalue weighted by Gasteiger charge is 2.19. The van der Waals surface area contributed by atoms with E-state index in [1.54, 1.807) is 24.3 Å². The Balaban J connectivity index is 1.73. The SMILES string of the molecule is Cc1c(C(=O)Nc2ccccc2-c2cccs2)sc2cccc(F)c12. The summed E-state index contributed by atoms with van der Waals surface area (Å²) in [6.07, 6.45) is 0. The van der Waals surface area contributed by atoms with Crippen LogP contribution in [0.4, 0.5) is 10.1 Å². The van der Waals surface area contributed by atoms with Crippen molar-refractivity contribution in [1.29, 1.82) is 0 Å². The zero-order valence-electron chi connectivity index (χ0n) is 13.4. The normalized spacial score (nSPS) is 11.0. The lowest BCUT2D eigenvalue weighted by atomic mass is 10.1. The van der Waals surface area contributed by atoms with E-state index in [9.17, 15) is 9.18 Å². The molecule has 0 bridgehead atoms. The minimum atomic E-state index is -0.288. The van der Waals surface area contributed by atoms with Gasteiger partial charge in [-0.05, 0) is 42.1 Å². The number of hydrogen-bond acceptors (Lipinski definition) is 3. The van der Waals surface area contributed by atoms with Gasteiger partial charge >= 0.3 is 0 Å². The highest BCUT2D eigenvalue weighted by Crippen LogP contribution is 2.35. The summed E-state index contributed by atoms with van der Waals surface area (Å²) in [5.41, 5.74) is 2.42. The predicted octanol–water partition coefficient (Wildman–Crippen LogP) is 6.33. The molecule has 0 aliphatic carbocycles. The second kappa shape index (κ2) is 6.43. The average molecular weight is 367 g/mol. The van der Waals surface area contributed by atoms with E-state index in [2.05, 4.69) is 5.32 Å². The number of fused-ring (bicyclic) bond motifs is 1. The minimum Gasteiger partial charge on any atom is -0.321 e. The topological polar surface area (TPSA) is 29.1 Å². The van der Waals surface area contributed by atoms with E-state index in [0.717, 1.165) is 20.8 Å². The smallest absolute Gasteiger partial charge is 0.266 e. The Morgan fingerprint density at radius 1 is 1.04 bits per heavy atom. The highest BCUT2D eigenvalue weighted by molar-refractivity contribution is 7.21. The summed E-state index contributed by atoms with van der Waals surface area (Å²) in [6.45, 7) is 1.79. The van der Waals surface area contributed by atoms with Crippen molar-refractivity contribution in [2.45, 2.75) is 6.92 Å². The number of thiophene rings is 2. The molecule has 25 heavy (non-hydrogen) atoms. The number of carbonyl (C=O) groups excluding carboxylic acids is 1. The van der Waals surface area contributed by atoms with Crippen LogP contribution in [0.15, 0.2) is 60.0 Å². The largest absolute Gasteiger partial charge is 0.321 e. The van der Waals surface area contributed by atoms with E-state index >= 15 is 0 Å². The standard InChI is InChI=1S/C20H14FNOS2/c1-12-18-14(21)7-4-9-17(18)25-19(12)20(23)22-15-8-3-2-6-13(15)16-10-5-11-24-16/h2-11H,1H3,(H,22,23). The van der Waals surface area contributed by atoms with Gasteiger partial charge in [0.25, 0.3) is 5.91 Å². The van der Waals surface area contributed by atoms with E-state index in [0.29, 0.717) is 15.8 Å². The molecule has 124 valence electrons. The van der Waals surface area contributed by atoms with E-state index in [1.165, 1.54) is 17.4 Å². The van der Waals surface area contributed by atoms with Gasteiger partial charge in [0, 0.05) is 26.2 Å². The molecule has 0 unspecified atom stereocenters. The third-order valence-corrected chi connectivity index (χ3v) is 6.23. The summed E-state index contributed by atoms with van der Waals surface area (Å²) in [7, 11) is 0. The zero-order valence-corrected chi connectivity index (χ0v) is 15.0. The molecule has 0 spiro atoms. The first kappa shape index (κ1) is 16.0. The van der Waals surface area contributed by atoms with Crippen LogP contribution in [-0.4, -0.2) is 5.91 Å². The van der Waals surface area contributed by atoms with Crippen LogP contribution in [0.5, 0.6) is 0 Å². The molecule has 0 aliphatic heterocycles. The second-order valence-electron chi connectivity index (χ2n) is 5.65. The number of anilines is 1. The van der Waals surface area contributed by atoms with Gasteiger partial charge in [-0.25, -0.2) is 4.39 Å². The van der Waals surface area contributed by atoms with Crippen LogP contribution in [0.2, 0.25) is 0 Å². The Bertz CT molecular complexity index is 1070. The van der Waals surface area contributed by atoms with Crippen molar-refractivity contribution in [3.05, 3.63) is 76.2 Å². The molecule has 4 rings (SSSR count). The minimum absolute atomic E-state index is 0.206. The molecule has 0 saturated heterocycles. The van der Waals surface area contributed by atoms with Crippen molar-refractivity contribution in [3.63, 3.8) is 0 Å². The first-order valence-electron chi connectivity index (χ1n) is 7.77. The van der Waals surface area contributed by atoms with E-state index in [4.69, 9.17) is 0 Å². The number of halogens is 1. The monoisotopic (exact) mass is 367 g/mol. The molecule has 0 fully saturated rings. The summed E-state index contributed by atoms with van der Waals surface area (Å²) in [5.74, 6) is -0.494. The van der Waals surface area contributed by atoms with Crippen LogP contribution < -0.4 is 5.32 Å². The highest BCUT2D eigenvalue weighted by atomic mass is 32.1. The first-order chi connectivity index (χ1) is 12.1. The Morgan fingerprint density at radius 2 is 1.88 bits per heavy atom. The molecule has 2 aromatic carbocycles. The van der Waals surface area contributed by atoms with E-state index in [1.807, 2.05) is 47.8 Å². The maximum atomic E-state index is 14.1. The van der Waals surface area contributed by atoms with Gasteiger partial charge in [0.2, 0.25) is 0 Å².